The first-order valence-electron chi connectivity index (χ1n) is 5.39. The molecule has 0 saturated carbocycles. The van der Waals surface area contributed by atoms with Gasteiger partial charge in [-0.15, -0.1) is 0 Å². The first-order valence-corrected chi connectivity index (χ1v) is 6.56. The summed E-state index contributed by atoms with van der Waals surface area (Å²) in [6, 6.07) is 1.78. The fraction of sp³-hybridized carbons (Fsp3) is 0.583. The number of aromatic nitrogens is 1. The molecule has 0 amide bonds. The van der Waals surface area contributed by atoms with Crippen molar-refractivity contribution in [1.29, 1.82) is 0 Å². The third kappa shape index (κ3) is 5.23. The van der Waals surface area contributed by atoms with E-state index < -0.39 is 0 Å². The second-order valence-electron chi connectivity index (χ2n) is 5.13. The molecule has 0 saturated heterocycles. The molecule has 0 aliphatic carbocycles. The minimum atomic E-state index is 0.0571. The maximum Gasteiger partial charge on any atom is 0.232 e. The minimum Gasteiger partial charge on any atom is -0.476 e. The lowest BCUT2D eigenvalue weighted by Gasteiger charge is -2.27. The highest BCUT2D eigenvalue weighted by Crippen LogP contribution is 2.26. The van der Waals surface area contributed by atoms with Crippen molar-refractivity contribution in [2.75, 3.05) is 27.2 Å². The Morgan fingerprint density at radius 3 is 2.65 bits per heavy atom. The Labute approximate surface area is 116 Å². The number of nitrogens with zero attached hydrogens (tertiary/aromatic N) is 2. The predicted octanol–water partition coefficient (Wildman–Crippen LogP) is 3.46. The summed E-state index contributed by atoms with van der Waals surface area (Å²) in [5, 5.41) is 0.528. The molecule has 0 N–H and O–H groups in total. The van der Waals surface area contributed by atoms with Crippen LogP contribution in [-0.2, 0) is 0 Å². The van der Waals surface area contributed by atoms with Crippen LogP contribution in [0.2, 0.25) is 5.02 Å². The van der Waals surface area contributed by atoms with E-state index in [1.807, 2.05) is 14.1 Å². The molecule has 3 nitrogen and oxygen atoms in total. The van der Waals surface area contributed by atoms with E-state index in [-0.39, 0.29) is 5.41 Å². The second-order valence-corrected chi connectivity index (χ2v) is 6.45. The van der Waals surface area contributed by atoms with Crippen LogP contribution in [0.15, 0.2) is 16.7 Å². The zero-order valence-electron chi connectivity index (χ0n) is 10.6. The monoisotopic (exact) mass is 320 g/mol. The molecule has 1 heterocycles. The largest absolute Gasteiger partial charge is 0.476 e. The van der Waals surface area contributed by atoms with Crippen molar-refractivity contribution >= 4 is 27.5 Å². The van der Waals surface area contributed by atoms with E-state index in [1.165, 1.54) is 0 Å². The van der Waals surface area contributed by atoms with Gasteiger partial charge in [0.2, 0.25) is 5.88 Å². The van der Waals surface area contributed by atoms with Gasteiger partial charge in [-0.3, -0.25) is 0 Å². The molecule has 0 aromatic carbocycles. The lowest BCUT2D eigenvalue weighted by atomic mass is 9.94. The van der Waals surface area contributed by atoms with Gasteiger partial charge < -0.3 is 9.64 Å². The summed E-state index contributed by atoms with van der Waals surface area (Å²) in [5.74, 6) is 0.488. The van der Waals surface area contributed by atoms with Gasteiger partial charge in [0.1, 0.15) is 5.02 Å². The number of hydrogen-bond acceptors (Lipinski definition) is 3. The minimum absolute atomic E-state index is 0.0571. The molecule has 17 heavy (non-hydrogen) atoms. The third-order valence-electron chi connectivity index (χ3n) is 2.12. The van der Waals surface area contributed by atoms with Crippen LogP contribution < -0.4 is 4.74 Å². The summed E-state index contributed by atoms with van der Waals surface area (Å²) in [5.41, 5.74) is 0.0571. The lowest BCUT2D eigenvalue weighted by molar-refractivity contribution is 0.137. The number of pyridine rings is 1. The molecule has 0 fully saturated rings. The molecule has 1 aromatic heterocycles. The average Bonchev–Trinajstić information content (AvgIpc) is 2.14. The van der Waals surface area contributed by atoms with Crippen molar-refractivity contribution in [1.82, 2.24) is 9.88 Å². The molecular weight excluding hydrogens is 304 g/mol. The van der Waals surface area contributed by atoms with E-state index >= 15 is 0 Å². The SMILES string of the molecule is CN(C)CC(C)(C)COc1ncc(Br)cc1Cl. The Hall–Kier alpha value is -0.320. The summed E-state index contributed by atoms with van der Waals surface area (Å²) in [4.78, 5) is 6.28. The first-order chi connectivity index (χ1) is 7.80. The van der Waals surface area contributed by atoms with E-state index in [0.29, 0.717) is 17.5 Å². The highest BCUT2D eigenvalue weighted by molar-refractivity contribution is 9.10. The first kappa shape index (κ1) is 14.7. The van der Waals surface area contributed by atoms with Crippen molar-refractivity contribution in [3.05, 3.63) is 21.8 Å². The predicted molar refractivity (Wildman–Crippen MR) is 74.8 cm³/mol. The van der Waals surface area contributed by atoms with Gasteiger partial charge in [0.05, 0.1) is 6.61 Å². The average molecular weight is 322 g/mol. The quantitative estimate of drug-likeness (QED) is 0.830. The summed E-state index contributed by atoms with van der Waals surface area (Å²) < 4.78 is 6.52. The van der Waals surface area contributed by atoms with Crippen LogP contribution in [0.25, 0.3) is 0 Å². The maximum atomic E-state index is 6.04. The van der Waals surface area contributed by atoms with Gasteiger partial charge in [-0.2, -0.15) is 0 Å². The van der Waals surface area contributed by atoms with Gasteiger partial charge >= 0.3 is 0 Å². The molecule has 0 radical (unpaired) electrons. The number of hydrogen-bond donors (Lipinski definition) is 0. The summed E-state index contributed by atoms with van der Waals surface area (Å²) in [6.45, 7) is 5.83. The Balaban J connectivity index is 2.61. The molecule has 1 aromatic rings. The van der Waals surface area contributed by atoms with Crippen LogP contribution in [0.5, 0.6) is 5.88 Å². The van der Waals surface area contributed by atoms with Crippen LogP contribution >= 0.6 is 27.5 Å². The van der Waals surface area contributed by atoms with Crippen LogP contribution in [0.4, 0.5) is 0 Å². The van der Waals surface area contributed by atoms with E-state index in [2.05, 4.69) is 39.7 Å². The van der Waals surface area contributed by atoms with Crippen molar-refractivity contribution in [2.24, 2.45) is 5.41 Å². The number of ether oxygens (including phenoxy) is 1. The van der Waals surface area contributed by atoms with E-state index in [9.17, 15) is 0 Å². The van der Waals surface area contributed by atoms with Crippen LogP contribution in [0.1, 0.15) is 13.8 Å². The van der Waals surface area contributed by atoms with Gasteiger partial charge in [0, 0.05) is 22.6 Å². The standard InChI is InChI=1S/C12H18BrClN2O/c1-12(2,7-16(3)4)8-17-11-10(14)5-9(13)6-15-11/h5-6H,7-8H2,1-4H3. The smallest absolute Gasteiger partial charge is 0.232 e. The zero-order valence-corrected chi connectivity index (χ0v) is 13.0. The molecule has 5 heteroatoms. The summed E-state index contributed by atoms with van der Waals surface area (Å²) >= 11 is 9.35. The van der Waals surface area contributed by atoms with E-state index in [1.54, 1.807) is 12.3 Å². The van der Waals surface area contributed by atoms with E-state index in [0.717, 1.165) is 11.0 Å². The van der Waals surface area contributed by atoms with Gasteiger partial charge in [0.15, 0.2) is 0 Å². The lowest BCUT2D eigenvalue weighted by Crippen LogP contribution is -2.33. The molecule has 0 atom stereocenters. The Kier molecular flexibility index (Phi) is 5.22. The highest BCUT2D eigenvalue weighted by atomic mass is 79.9. The molecule has 96 valence electrons. The fourth-order valence-electron chi connectivity index (χ4n) is 1.67. The molecule has 0 bridgehead atoms. The summed E-state index contributed by atoms with van der Waals surface area (Å²) in [7, 11) is 4.10. The zero-order chi connectivity index (χ0) is 13.1. The van der Waals surface area contributed by atoms with Crippen molar-refractivity contribution in [3.63, 3.8) is 0 Å². The van der Waals surface area contributed by atoms with Gasteiger partial charge in [-0.25, -0.2) is 4.98 Å². The van der Waals surface area contributed by atoms with Crippen LogP contribution in [0, 0.1) is 5.41 Å². The Bertz CT molecular complexity index is 383. The van der Waals surface area contributed by atoms with Crippen molar-refractivity contribution in [3.8, 4) is 5.88 Å². The Morgan fingerprint density at radius 1 is 1.47 bits per heavy atom. The topological polar surface area (TPSA) is 25.4 Å². The molecule has 0 aliphatic heterocycles. The van der Waals surface area contributed by atoms with Gasteiger partial charge in [0.25, 0.3) is 0 Å². The maximum absolute atomic E-state index is 6.04. The molecule has 0 aliphatic rings. The fourth-order valence-corrected chi connectivity index (χ4v) is 2.36. The third-order valence-corrected chi connectivity index (χ3v) is 2.82. The Morgan fingerprint density at radius 2 is 2.12 bits per heavy atom. The van der Waals surface area contributed by atoms with Crippen LogP contribution in [-0.4, -0.2) is 37.1 Å². The normalized spacial score (nSPS) is 11.9. The number of rotatable bonds is 5. The summed E-state index contributed by atoms with van der Waals surface area (Å²) in [6.07, 6.45) is 1.68. The van der Waals surface area contributed by atoms with Crippen molar-refractivity contribution in [2.45, 2.75) is 13.8 Å². The van der Waals surface area contributed by atoms with Gasteiger partial charge in [-0.05, 0) is 36.1 Å². The van der Waals surface area contributed by atoms with Crippen molar-refractivity contribution < 1.29 is 4.74 Å². The number of halogens is 2. The molecule has 0 spiro atoms. The van der Waals surface area contributed by atoms with Gasteiger partial charge in [-0.1, -0.05) is 25.4 Å². The molecule has 0 unspecified atom stereocenters. The van der Waals surface area contributed by atoms with E-state index in [4.69, 9.17) is 16.3 Å². The highest BCUT2D eigenvalue weighted by Gasteiger charge is 2.20. The van der Waals surface area contributed by atoms with Crippen LogP contribution in [0.3, 0.4) is 0 Å². The molecular formula is C12H18BrClN2O. The second kappa shape index (κ2) is 6.03. The molecule has 1 rings (SSSR count).